The minimum absolute atomic E-state index is 0.121. The lowest BCUT2D eigenvalue weighted by atomic mass is 9.85. The summed E-state index contributed by atoms with van der Waals surface area (Å²) in [5, 5.41) is 10.4. The molecule has 3 rings (SSSR count). The Morgan fingerprint density at radius 1 is 0.957 bits per heavy atom. The van der Waals surface area contributed by atoms with Gasteiger partial charge in [0.15, 0.2) is 0 Å². The van der Waals surface area contributed by atoms with E-state index >= 15 is 0 Å². The van der Waals surface area contributed by atoms with Gasteiger partial charge in [0, 0.05) is 31.6 Å². The van der Waals surface area contributed by atoms with Crippen molar-refractivity contribution in [2.24, 2.45) is 11.3 Å². The van der Waals surface area contributed by atoms with Crippen LogP contribution in [0.5, 0.6) is 0 Å². The monoisotopic (exact) mass is 322 g/mol. The highest BCUT2D eigenvalue weighted by atomic mass is 16.3. The summed E-state index contributed by atoms with van der Waals surface area (Å²) in [6.07, 6.45) is 7.33. The molecule has 1 N–H and O–H groups in total. The molecule has 2 amide bonds. The Bertz CT molecular complexity index is 455. The second-order valence-electron chi connectivity index (χ2n) is 7.87. The summed E-state index contributed by atoms with van der Waals surface area (Å²) in [5.41, 5.74) is -0.138. The van der Waals surface area contributed by atoms with Crippen LogP contribution < -0.4 is 0 Å². The fourth-order valence-corrected chi connectivity index (χ4v) is 3.96. The third kappa shape index (κ3) is 3.70. The van der Waals surface area contributed by atoms with E-state index in [0.29, 0.717) is 19.6 Å². The van der Waals surface area contributed by atoms with Crippen molar-refractivity contribution in [1.82, 2.24) is 9.80 Å². The lowest BCUT2D eigenvalue weighted by Gasteiger charge is -2.30. The normalized spacial score (nSPS) is 26.5. The lowest BCUT2D eigenvalue weighted by molar-refractivity contribution is -0.144. The highest BCUT2D eigenvalue weighted by Crippen LogP contribution is 2.46. The SMILES string of the molecule is CC1(C(=O)N2CCCN(C(=O)[C@H](O)C3CCCCC3)CC2)CC1. The molecule has 0 aromatic carbocycles. The second-order valence-corrected chi connectivity index (χ2v) is 7.87. The molecule has 2 aliphatic carbocycles. The maximum absolute atomic E-state index is 12.6. The Morgan fingerprint density at radius 3 is 2.22 bits per heavy atom. The van der Waals surface area contributed by atoms with Crippen LogP contribution in [0.15, 0.2) is 0 Å². The quantitative estimate of drug-likeness (QED) is 0.862. The smallest absolute Gasteiger partial charge is 0.251 e. The van der Waals surface area contributed by atoms with E-state index in [0.717, 1.165) is 51.5 Å². The van der Waals surface area contributed by atoms with Crippen LogP contribution in [-0.4, -0.2) is 59.0 Å². The van der Waals surface area contributed by atoms with Crippen molar-refractivity contribution in [2.75, 3.05) is 26.2 Å². The van der Waals surface area contributed by atoms with Gasteiger partial charge < -0.3 is 14.9 Å². The maximum Gasteiger partial charge on any atom is 0.251 e. The molecule has 2 saturated carbocycles. The molecule has 1 atom stereocenters. The van der Waals surface area contributed by atoms with Gasteiger partial charge in [-0.05, 0) is 38.0 Å². The topological polar surface area (TPSA) is 60.9 Å². The number of rotatable bonds is 3. The van der Waals surface area contributed by atoms with Crippen molar-refractivity contribution in [3.05, 3.63) is 0 Å². The summed E-state index contributed by atoms with van der Waals surface area (Å²) in [6, 6.07) is 0. The molecule has 0 spiro atoms. The first-order valence-corrected chi connectivity index (χ1v) is 9.27. The minimum atomic E-state index is -0.849. The van der Waals surface area contributed by atoms with Crippen LogP contribution in [0.1, 0.15) is 58.3 Å². The average Bonchev–Trinajstić information content (AvgIpc) is 3.37. The predicted octanol–water partition coefficient (Wildman–Crippen LogP) is 1.79. The molecule has 1 aliphatic heterocycles. The zero-order valence-electron chi connectivity index (χ0n) is 14.3. The molecular formula is C18H30N2O3. The Morgan fingerprint density at radius 2 is 1.57 bits per heavy atom. The van der Waals surface area contributed by atoms with Gasteiger partial charge in [0.2, 0.25) is 5.91 Å². The van der Waals surface area contributed by atoms with Gasteiger partial charge in [0.25, 0.3) is 5.91 Å². The molecule has 0 radical (unpaired) electrons. The molecule has 0 aromatic heterocycles. The van der Waals surface area contributed by atoms with E-state index in [2.05, 4.69) is 0 Å². The van der Waals surface area contributed by atoms with Crippen LogP contribution in [0.4, 0.5) is 0 Å². The standard InChI is InChI=1S/C18H30N2O3/c1-18(8-9-18)17(23)20-11-5-10-19(12-13-20)16(22)15(21)14-6-3-2-4-7-14/h14-15,21H,2-13H2,1H3/t15-/m1/s1. The first-order valence-electron chi connectivity index (χ1n) is 9.27. The molecule has 5 heteroatoms. The van der Waals surface area contributed by atoms with Crippen LogP contribution in [0, 0.1) is 11.3 Å². The van der Waals surface area contributed by atoms with Gasteiger partial charge in [-0.25, -0.2) is 0 Å². The van der Waals surface area contributed by atoms with Gasteiger partial charge in [0.1, 0.15) is 6.10 Å². The number of aliphatic hydroxyl groups excluding tert-OH is 1. The van der Waals surface area contributed by atoms with Gasteiger partial charge in [-0.15, -0.1) is 0 Å². The van der Waals surface area contributed by atoms with Gasteiger partial charge in [-0.3, -0.25) is 9.59 Å². The van der Waals surface area contributed by atoms with Crippen molar-refractivity contribution in [3.8, 4) is 0 Å². The van der Waals surface area contributed by atoms with E-state index in [4.69, 9.17) is 0 Å². The average molecular weight is 322 g/mol. The molecule has 0 aromatic rings. The Balaban J connectivity index is 1.54. The summed E-state index contributed by atoms with van der Waals surface area (Å²) < 4.78 is 0. The number of hydrogen-bond acceptors (Lipinski definition) is 3. The van der Waals surface area contributed by atoms with Crippen molar-refractivity contribution >= 4 is 11.8 Å². The highest BCUT2D eigenvalue weighted by molar-refractivity contribution is 5.85. The molecule has 0 bridgehead atoms. The van der Waals surface area contributed by atoms with Gasteiger partial charge in [0.05, 0.1) is 0 Å². The van der Waals surface area contributed by atoms with Gasteiger partial charge in [-0.2, -0.15) is 0 Å². The lowest BCUT2D eigenvalue weighted by Crippen LogP contribution is -2.45. The van der Waals surface area contributed by atoms with Crippen LogP contribution >= 0.6 is 0 Å². The van der Waals surface area contributed by atoms with E-state index in [-0.39, 0.29) is 23.1 Å². The maximum atomic E-state index is 12.6. The predicted molar refractivity (Wildman–Crippen MR) is 87.7 cm³/mol. The van der Waals surface area contributed by atoms with Crippen LogP contribution in [0.3, 0.4) is 0 Å². The Kier molecular flexibility index (Phi) is 4.95. The first kappa shape index (κ1) is 16.7. The van der Waals surface area contributed by atoms with Crippen molar-refractivity contribution < 1.29 is 14.7 Å². The van der Waals surface area contributed by atoms with Crippen LogP contribution in [0.2, 0.25) is 0 Å². The number of carbonyl (C=O) groups is 2. The Hall–Kier alpha value is -1.10. The zero-order valence-corrected chi connectivity index (χ0v) is 14.3. The molecule has 130 valence electrons. The number of aliphatic hydroxyl groups is 1. The molecule has 3 fully saturated rings. The summed E-state index contributed by atoms with van der Waals surface area (Å²) in [6.45, 7) is 4.60. The third-order valence-corrected chi connectivity index (χ3v) is 5.96. The molecular weight excluding hydrogens is 292 g/mol. The molecule has 3 aliphatic rings. The third-order valence-electron chi connectivity index (χ3n) is 5.96. The van der Waals surface area contributed by atoms with Crippen LogP contribution in [0.25, 0.3) is 0 Å². The van der Waals surface area contributed by atoms with Gasteiger partial charge >= 0.3 is 0 Å². The highest BCUT2D eigenvalue weighted by Gasteiger charge is 2.47. The molecule has 23 heavy (non-hydrogen) atoms. The second kappa shape index (κ2) is 6.80. The molecule has 0 unspecified atom stereocenters. The molecule has 1 saturated heterocycles. The van der Waals surface area contributed by atoms with E-state index in [1.807, 2.05) is 11.8 Å². The van der Waals surface area contributed by atoms with Gasteiger partial charge in [-0.1, -0.05) is 26.2 Å². The fraction of sp³-hybridized carbons (Fsp3) is 0.889. The van der Waals surface area contributed by atoms with E-state index in [1.165, 1.54) is 6.42 Å². The molecule has 5 nitrogen and oxygen atoms in total. The number of nitrogens with zero attached hydrogens (tertiary/aromatic N) is 2. The van der Waals surface area contributed by atoms with Crippen molar-refractivity contribution in [3.63, 3.8) is 0 Å². The summed E-state index contributed by atoms with van der Waals surface area (Å²) in [5.74, 6) is 0.256. The van der Waals surface area contributed by atoms with Crippen molar-refractivity contribution in [2.45, 2.75) is 64.4 Å². The first-order chi connectivity index (χ1) is 11.0. The Labute approximate surface area is 139 Å². The van der Waals surface area contributed by atoms with Crippen LogP contribution in [-0.2, 0) is 9.59 Å². The fourth-order valence-electron chi connectivity index (χ4n) is 3.96. The molecule has 1 heterocycles. The summed E-state index contributed by atoms with van der Waals surface area (Å²) in [4.78, 5) is 28.8. The summed E-state index contributed by atoms with van der Waals surface area (Å²) >= 11 is 0. The largest absolute Gasteiger partial charge is 0.383 e. The zero-order chi connectivity index (χ0) is 16.4. The van der Waals surface area contributed by atoms with Crippen molar-refractivity contribution in [1.29, 1.82) is 0 Å². The summed E-state index contributed by atoms with van der Waals surface area (Å²) in [7, 11) is 0. The minimum Gasteiger partial charge on any atom is -0.383 e. The van der Waals surface area contributed by atoms with E-state index < -0.39 is 6.10 Å². The van der Waals surface area contributed by atoms with E-state index in [9.17, 15) is 14.7 Å². The number of hydrogen-bond donors (Lipinski definition) is 1. The van der Waals surface area contributed by atoms with E-state index in [1.54, 1.807) is 4.90 Å². The number of carbonyl (C=O) groups excluding carboxylic acids is 2. The number of amides is 2.